The normalized spacial score (nSPS) is 16.1. The van der Waals surface area contributed by atoms with Crippen LogP contribution >= 0.6 is 0 Å². The lowest BCUT2D eigenvalue weighted by Crippen LogP contribution is -2.30. The summed E-state index contributed by atoms with van der Waals surface area (Å²) < 4.78 is 32.3. The summed E-state index contributed by atoms with van der Waals surface area (Å²) in [6.45, 7) is 4.72. The maximum absolute atomic E-state index is 12.5. The Kier molecular flexibility index (Phi) is 5.82. The first kappa shape index (κ1) is 19.4. The lowest BCUT2D eigenvalue weighted by Gasteiger charge is -2.17. The molecule has 1 amide bonds. The summed E-state index contributed by atoms with van der Waals surface area (Å²) in [6.07, 6.45) is 1.11. The van der Waals surface area contributed by atoms with Crippen LogP contribution in [0.4, 0.5) is 5.69 Å². The maximum atomic E-state index is 12.5. The first-order valence-electron chi connectivity index (χ1n) is 9.01. The Hall–Kier alpha value is -2.38. The van der Waals surface area contributed by atoms with Crippen molar-refractivity contribution in [2.24, 2.45) is 0 Å². The van der Waals surface area contributed by atoms with Gasteiger partial charge < -0.3 is 10.1 Å². The van der Waals surface area contributed by atoms with Crippen LogP contribution in [0.3, 0.4) is 0 Å². The van der Waals surface area contributed by atoms with E-state index in [-0.39, 0.29) is 10.8 Å². The number of ether oxygens (including phenoxy) is 1. The highest BCUT2D eigenvalue weighted by Crippen LogP contribution is 2.23. The number of anilines is 1. The van der Waals surface area contributed by atoms with Crippen LogP contribution in [0.2, 0.25) is 0 Å². The van der Waals surface area contributed by atoms with Gasteiger partial charge in [0.15, 0.2) is 6.10 Å². The van der Waals surface area contributed by atoms with Crippen LogP contribution in [0.5, 0.6) is 5.75 Å². The Bertz CT molecular complexity index is 904. The summed E-state index contributed by atoms with van der Waals surface area (Å²) in [5, 5.41) is 2.76. The zero-order valence-corrected chi connectivity index (χ0v) is 16.3. The van der Waals surface area contributed by atoms with Crippen LogP contribution in [-0.4, -0.2) is 37.8 Å². The van der Waals surface area contributed by atoms with Gasteiger partial charge in [0.05, 0.1) is 4.90 Å². The average molecular weight is 388 g/mol. The van der Waals surface area contributed by atoms with E-state index in [1.165, 1.54) is 16.4 Å². The van der Waals surface area contributed by atoms with Gasteiger partial charge in [-0.3, -0.25) is 4.79 Å². The van der Waals surface area contributed by atoms with Crippen LogP contribution in [0.15, 0.2) is 53.4 Å². The van der Waals surface area contributed by atoms with Crippen molar-refractivity contribution in [1.29, 1.82) is 0 Å². The SMILES string of the molecule is Cc1ccccc1O[C@@H](C)C(=O)Nc1ccc(S(=O)(=O)N2CCCC2)cc1. The number of hydrogen-bond acceptors (Lipinski definition) is 4. The molecule has 1 aliphatic heterocycles. The number of aryl methyl sites for hydroxylation is 1. The molecule has 0 unspecified atom stereocenters. The van der Waals surface area contributed by atoms with E-state index in [9.17, 15) is 13.2 Å². The molecule has 7 heteroatoms. The number of carbonyl (C=O) groups is 1. The molecule has 144 valence electrons. The van der Waals surface area contributed by atoms with Crippen molar-refractivity contribution in [2.45, 2.75) is 37.7 Å². The van der Waals surface area contributed by atoms with Gasteiger partial charge in [0.1, 0.15) is 5.75 Å². The molecule has 0 bridgehead atoms. The molecule has 0 spiro atoms. The number of sulfonamides is 1. The fraction of sp³-hybridized carbons (Fsp3) is 0.350. The number of rotatable bonds is 6. The Labute approximate surface area is 160 Å². The number of amides is 1. The van der Waals surface area contributed by atoms with Crippen molar-refractivity contribution in [2.75, 3.05) is 18.4 Å². The van der Waals surface area contributed by atoms with E-state index in [1.807, 2.05) is 31.2 Å². The van der Waals surface area contributed by atoms with Crippen molar-refractivity contribution in [3.8, 4) is 5.75 Å². The van der Waals surface area contributed by atoms with E-state index < -0.39 is 16.1 Å². The molecule has 1 saturated heterocycles. The van der Waals surface area contributed by atoms with E-state index in [0.29, 0.717) is 24.5 Å². The number of hydrogen-bond donors (Lipinski definition) is 1. The lowest BCUT2D eigenvalue weighted by atomic mass is 10.2. The molecule has 0 aliphatic carbocycles. The summed E-state index contributed by atoms with van der Waals surface area (Å²) in [4.78, 5) is 12.6. The van der Waals surface area contributed by atoms with E-state index in [2.05, 4.69) is 5.32 Å². The molecular weight excluding hydrogens is 364 g/mol. The zero-order valence-electron chi connectivity index (χ0n) is 15.5. The minimum Gasteiger partial charge on any atom is -0.481 e. The predicted molar refractivity (Wildman–Crippen MR) is 104 cm³/mol. The molecule has 1 N–H and O–H groups in total. The van der Waals surface area contributed by atoms with Crippen molar-refractivity contribution in [1.82, 2.24) is 4.31 Å². The van der Waals surface area contributed by atoms with Crippen molar-refractivity contribution >= 4 is 21.6 Å². The average Bonchev–Trinajstić information content (AvgIpc) is 3.19. The van der Waals surface area contributed by atoms with Gasteiger partial charge in [-0.05, 0) is 62.6 Å². The Morgan fingerprint density at radius 1 is 1.07 bits per heavy atom. The highest BCUT2D eigenvalue weighted by atomic mass is 32.2. The third kappa shape index (κ3) is 4.48. The van der Waals surface area contributed by atoms with E-state index >= 15 is 0 Å². The first-order chi connectivity index (χ1) is 12.9. The maximum Gasteiger partial charge on any atom is 0.265 e. The van der Waals surface area contributed by atoms with Gasteiger partial charge in [-0.2, -0.15) is 4.31 Å². The molecule has 6 nitrogen and oxygen atoms in total. The van der Waals surface area contributed by atoms with E-state index in [1.54, 1.807) is 19.1 Å². The van der Waals surface area contributed by atoms with Crippen LogP contribution < -0.4 is 10.1 Å². The second-order valence-corrected chi connectivity index (χ2v) is 8.59. The van der Waals surface area contributed by atoms with Gasteiger partial charge in [0.2, 0.25) is 10.0 Å². The Balaban J connectivity index is 1.64. The molecule has 1 fully saturated rings. The van der Waals surface area contributed by atoms with Crippen LogP contribution in [0.25, 0.3) is 0 Å². The third-order valence-corrected chi connectivity index (χ3v) is 6.50. The molecule has 27 heavy (non-hydrogen) atoms. The lowest BCUT2D eigenvalue weighted by molar-refractivity contribution is -0.122. The summed E-state index contributed by atoms with van der Waals surface area (Å²) in [5.41, 5.74) is 1.48. The highest BCUT2D eigenvalue weighted by molar-refractivity contribution is 7.89. The first-order valence-corrected chi connectivity index (χ1v) is 10.5. The molecule has 1 aliphatic rings. The number of carbonyl (C=O) groups excluding carboxylic acids is 1. The topological polar surface area (TPSA) is 75.7 Å². The van der Waals surface area contributed by atoms with Crippen molar-refractivity contribution in [3.63, 3.8) is 0 Å². The summed E-state index contributed by atoms with van der Waals surface area (Å²) >= 11 is 0. The second-order valence-electron chi connectivity index (χ2n) is 6.65. The second kappa shape index (κ2) is 8.10. The van der Waals surface area contributed by atoms with Crippen molar-refractivity contribution in [3.05, 3.63) is 54.1 Å². The summed E-state index contributed by atoms with van der Waals surface area (Å²) in [7, 11) is -3.45. The molecule has 1 atom stereocenters. The van der Waals surface area contributed by atoms with Crippen LogP contribution in [-0.2, 0) is 14.8 Å². The Morgan fingerprint density at radius 3 is 2.33 bits per heavy atom. The summed E-state index contributed by atoms with van der Waals surface area (Å²) in [6, 6.07) is 13.7. The van der Waals surface area contributed by atoms with Gasteiger partial charge in [0, 0.05) is 18.8 Å². The van der Waals surface area contributed by atoms with Crippen molar-refractivity contribution < 1.29 is 17.9 Å². The number of nitrogens with zero attached hydrogens (tertiary/aromatic N) is 1. The number of para-hydroxylation sites is 1. The van der Waals surface area contributed by atoms with Gasteiger partial charge in [-0.1, -0.05) is 18.2 Å². The molecule has 0 saturated carbocycles. The Morgan fingerprint density at radius 2 is 1.70 bits per heavy atom. The van der Waals surface area contributed by atoms with Crippen LogP contribution in [0.1, 0.15) is 25.3 Å². The molecule has 3 rings (SSSR count). The standard InChI is InChI=1S/C20H24N2O4S/c1-15-7-3-4-8-19(15)26-16(2)20(23)21-17-9-11-18(12-10-17)27(24,25)22-13-5-6-14-22/h3-4,7-12,16H,5-6,13-14H2,1-2H3,(H,21,23)/t16-/m0/s1. The van der Waals surface area contributed by atoms with Crippen LogP contribution in [0, 0.1) is 6.92 Å². The fourth-order valence-corrected chi connectivity index (χ4v) is 4.48. The highest BCUT2D eigenvalue weighted by Gasteiger charge is 2.27. The molecule has 0 aromatic heterocycles. The monoisotopic (exact) mass is 388 g/mol. The zero-order chi connectivity index (χ0) is 19.4. The molecule has 2 aromatic rings. The minimum absolute atomic E-state index is 0.242. The van der Waals surface area contributed by atoms with E-state index in [4.69, 9.17) is 4.74 Å². The quantitative estimate of drug-likeness (QED) is 0.825. The smallest absolute Gasteiger partial charge is 0.265 e. The molecule has 2 aromatic carbocycles. The number of benzene rings is 2. The van der Waals surface area contributed by atoms with E-state index in [0.717, 1.165) is 18.4 Å². The van der Waals surface area contributed by atoms with Gasteiger partial charge in [0.25, 0.3) is 5.91 Å². The fourth-order valence-electron chi connectivity index (χ4n) is 2.96. The van der Waals surface area contributed by atoms with Gasteiger partial charge >= 0.3 is 0 Å². The number of nitrogens with one attached hydrogen (secondary N) is 1. The third-order valence-electron chi connectivity index (χ3n) is 4.59. The summed E-state index contributed by atoms with van der Waals surface area (Å²) in [5.74, 6) is 0.362. The molecule has 0 radical (unpaired) electrons. The minimum atomic E-state index is -3.45. The van der Waals surface area contributed by atoms with Gasteiger partial charge in [-0.15, -0.1) is 0 Å². The predicted octanol–water partition coefficient (Wildman–Crippen LogP) is 3.19. The molecular formula is C20H24N2O4S. The largest absolute Gasteiger partial charge is 0.481 e. The van der Waals surface area contributed by atoms with Gasteiger partial charge in [-0.25, -0.2) is 8.42 Å². The molecule has 1 heterocycles.